The third kappa shape index (κ3) is 16.0. The van der Waals surface area contributed by atoms with Crippen molar-refractivity contribution in [3.05, 3.63) is 0 Å². The fourth-order valence-corrected chi connectivity index (χ4v) is 5.09. The number of carbonyl (C=O) groups is 1. The molecule has 1 aliphatic heterocycles. The van der Waals surface area contributed by atoms with Gasteiger partial charge in [-0.25, -0.2) is 4.79 Å². The van der Waals surface area contributed by atoms with E-state index in [0.717, 1.165) is 62.8 Å². The molecule has 0 spiro atoms. The van der Waals surface area contributed by atoms with Gasteiger partial charge in [0.05, 0.1) is 0 Å². The summed E-state index contributed by atoms with van der Waals surface area (Å²) in [5.41, 5.74) is 0. The molecule has 0 aliphatic carbocycles. The topological polar surface area (TPSA) is 35.6 Å². The van der Waals surface area contributed by atoms with E-state index in [-0.39, 0.29) is 6.03 Å². The lowest BCUT2D eigenvalue weighted by atomic mass is 9.90. The maximum Gasteiger partial charge on any atom is 0.317 e. The number of piperazine rings is 1. The molecular weight excluding hydrogens is 418 g/mol. The second-order valence-electron chi connectivity index (χ2n) is 12.5. The summed E-state index contributed by atoms with van der Waals surface area (Å²) in [6, 6.07) is 0.128. The lowest BCUT2D eigenvalue weighted by Crippen LogP contribution is -2.52. The van der Waals surface area contributed by atoms with Crippen molar-refractivity contribution >= 4 is 6.03 Å². The first-order valence-corrected chi connectivity index (χ1v) is 14.9. The predicted molar refractivity (Wildman–Crippen MR) is 149 cm³/mol. The van der Waals surface area contributed by atoms with Crippen molar-refractivity contribution in [3.8, 4) is 0 Å². The zero-order valence-electron chi connectivity index (χ0n) is 24.2. The summed E-state index contributed by atoms with van der Waals surface area (Å²) in [6.45, 7) is 22.2. The Morgan fingerprint density at radius 1 is 0.618 bits per heavy atom. The van der Waals surface area contributed by atoms with E-state index in [1.54, 1.807) is 0 Å². The third-order valence-corrected chi connectivity index (χ3v) is 7.86. The lowest BCUT2D eigenvalue weighted by Gasteiger charge is -2.35. The molecule has 1 N–H and O–H groups in total. The van der Waals surface area contributed by atoms with E-state index in [0.29, 0.717) is 5.92 Å². The Morgan fingerprint density at radius 2 is 1.06 bits per heavy atom. The van der Waals surface area contributed by atoms with Crippen LogP contribution in [0.1, 0.15) is 119 Å². The van der Waals surface area contributed by atoms with Gasteiger partial charge in [0.1, 0.15) is 0 Å². The lowest BCUT2D eigenvalue weighted by molar-refractivity contribution is 0.134. The minimum absolute atomic E-state index is 0.128. The molecule has 0 aromatic carbocycles. The first-order chi connectivity index (χ1) is 16.2. The van der Waals surface area contributed by atoms with E-state index in [1.165, 1.54) is 70.8 Å². The molecule has 1 aliphatic rings. The molecule has 0 radical (unpaired) electrons. The van der Waals surface area contributed by atoms with E-state index in [1.807, 2.05) is 4.90 Å². The molecule has 2 amide bonds. The Hall–Kier alpha value is -0.770. The van der Waals surface area contributed by atoms with Crippen LogP contribution in [0.5, 0.6) is 0 Å². The van der Waals surface area contributed by atoms with Gasteiger partial charge in [0, 0.05) is 32.7 Å². The number of carbonyl (C=O) groups excluding carboxylic acids is 1. The fraction of sp³-hybridized carbons (Fsp3) is 0.967. The van der Waals surface area contributed by atoms with Crippen LogP contribution in [0.3, 0.4) is 0 Å². The van der Waals surface area contributed by atoms with Gasteiger partial charge in [0.15, 0.2) is 0 Å². The van der Waals surface area contributed by atoms with E-state index in [9.17, 15) is 4.79 Å². The third-order valence-electron chi connectivity index (χ3n) is 7.86. The summed E-state index contributed by atoms with van der Waals surface area (Å²) in [5.74, 6) is 4.10. The highest BCUT2D eigenvalue weighted by Gasteiger charge is 2.21. The van der Waals surface area contributed by atoms with Gasteiger partial charge < -0.3 is 10.2 Å². The zero-order valence-corrected chi connectivity index (χ0v) is 24.2. The van der Waals surface area contributed by atoms with Gasteiger partial charge in [0.2, 0.25) is 0 Å². The molecule has 202 valence electrons. The Bertz CT molecular complexity index is 499. The first kappa shape index (κ1) is 31.3. The Kier molecular flexibility index (Phi) is 17.0. The molecule has 1 heterocycles. The summed E-state index contributed by atoms with van der Waals surface area (Å²) in [5, 5.41) is 3.08. The molecule has 0 bridgehead atoms. The second kappa shape index (κ2) is 18.5. The molecule has 0 saturated carbocycles. The number of hydrogen-bond acceptors (Lipinski definition) is 2. The predicted octanol–water partition coefficient (Wildman–Crippen LogP) is 7.83. The molecule has 1 saturated heterocycles. The van der Waals surface area contributed by atoms with Crippen molar-refractivity contribution in [2.45, 2.75) is 119 Å². The molecule has 4 nitrogen and oxygen atoms in total. The van der Waals surface area contributed by atoms with Crippen LogP contribution < -0.4 is 5.32 Å². The highest BCUT2D eigenvalue weighted by atomic mass is 16.2. The quantitative estimate of drug-likeness (QED) is 0.217. The number of nitrogens with one attached hydrogen (secondary N) is 1. The molecule has 1 rings (SSSR count). The molecule has 0 aromatic heterocycles. The van der Waals surface area contributed by atoms with E-state index in [4.69, 9.17) is 0 Å². The SMILES string of the molecule is CC(C)CCCC(C)CCCC(C)CCCC(C)CCN1CCN(C(=O)NCCC(C)C)CC1. The Labute approximate surface area is 214 Å². The highest BCUT2D eigenvalue weighted by Crippen LogP contribution is 2.23. The van der Waals surface area contributed by atoms with Crippen LogP contribution >= 0.6 is 0 Å². The largest absolute Gasteiger partial charge is 0.338 e. The van der Waals surface area contributed by atoms with Gasteiger partial charge in [-0.2, -0.15) is 0 Å². The Morgan fingerprint density at radius 3 is 1.53 bits per heavy atom. The van der Waals surface area contributed by atoms with Crippen LogP contribution in [0, 0.1) is 29.6 Å². The summed E-state index contributed by atoms with van der Waals surface area (Å²) >= 11 is 0. The fourth-order valence-electron chi connectivity index (χ4n) is 5.09. The number of nitrogens with zero attached hydrogens (tertiary/aromatic N) is 2. The maximum atomic E-state index is 12.3. The van der Waals surface area contributed by atoms with Crippen LogP contribution in [0.15, 0.2) is 0 Å². The molecule has 0 aromatic rings. The molecule has 1 fully saturated rings. The first-order valence-electron chi connectivity index (χ1n) is 14.9. The van der Waals surface area contributed by atoms with Crippen molar-refractivity contribution in [2.24, 2.45) is 29.6 Å². The molecule has 4 heteroatoms. The standard InChI is InChI=1S/C30H61N3O/c1-25(2)11-8-12-27(5)13-9-14-28(6)15-10-16-29(7)18-20-32-21-23-33(24-22-32)30(34)31-19-17-26(3)4/h25-29H,8-24H2,1-7H3,(H,31,34). The maximum absolute atomic E-state index is 12.3. The molecule has 3 atom stereocenters. The molecular formula is C30H61N3O. The molecule has 3 unspecified atom stereocenters. The van der Waals surface area contributed by atoms with Crippen LogP contribution in [-0.4, -0.2) is 55.1 Å². The number of urea groups is 1. The van der Waals surface area contributed by atoms with E-state index in [2.05, 4.69) is 58.7 Å². The van der Waals surface area contributed by atoms with Crippen LogP contribution in [0.2, 0.25) is 0 Å². The highest BCUT2D eigenvalue weighted by molar-refractivity contribution is 5.74. The molecule has 34 heavy (non-hydrogen) atoms. The van der Waals surface area contributed by atoms with Gasteiger partial charge in [-0.1, -0.05) is 106 Å². The van der Waals surface area contributed by atoms with Crippen molar-refractivity contribution in [3.63, 3.8) is 0 Å². The van der Waals surface area contributed by atoms with Gasteiger partial charge in [-0.15, -0.1) is 0 Å². The number of hydrogen-bond donors (Lipinski definition) is 1. The normalized spacial score (nSPS) is 17.9. The number of amides is 2. The van der Waals surface area contributed by atoms with Crippen LogP contribution in [0.4, 0.5) is 4.79 Å². The van der Waals surface area contributed by atoms with Crippen molar-refractivity contribution in [1.82, 2.24) is 15.1 Å². The van der Waals surface area contributed by atoms with Gasteiger partial charge in [-0.05, 0) is 49.0 Å². The minimum atomic E-state index is 0.128. The summed E-state index contributed by atoms with van der Waals surface area (Å²) in [4.78, 5) is 16.8. The van der Waals surface area contributed by atoms with Crippen LogP contribution in [0.25, 0.3) is 0 Å². The average molecular weight is 480 g/mol. The number of rotatable bonds is 18. The zero-order chi connectivity index (χ0) is 25.3. The van der Waals surface area contributed by atoms with Gasteiger partial charge >= 0.3 is 6.03 Å². The van der Waals surface area contributed by atoms with Gasteiger partial charge in [-0.3, -0.25) is 4.90 Å². The minimum Gasteiger partial charge on any atom is -0.338 e. The van der Waals surface area contributed by atoms with Crippen molar-refractivity contribution in [2.75, 3.05) is 39.3 Å². The summed E-state index contributed by atoms with van der Waals surface area (Å²) < 4.78 is 0. The second-order valence-corrected chi connectivity index (χ2v) is 12.5. The van der Waals surface area contributed by atoms with Gasteiger partial charge in [0.25, 0.3) is 0 Å². The Balaban J connectivity index is 2.03. The van der Waals surface area contributed by atoms with E-state index < -0.39 is 0 Å². The van der Waals surface area contributed by atoms with Crippen molar-refractivity contribution in [1.29, 1.82) is 0 Å². The van der Waals surface area contributed by atoms with Crippen molar-refractivity contribution < 1.29 is 4.79 Å². The smallest absolute Gasteiger partial charge is 0.317 e. The average Bonchev–Trinajstić information content (AvgIpc) is 2.77. The van der Waals surface area contributed by atoms with E-state index >= 15 is 0 Å². The monoisotopic (exact) mass is 479 g/mol. The summed E-state index contributed by atoms with van der Waals surface area (Å²) in [7, 11) is 0. The summed E-state index contributed by atoms with van der Waals surface area (Å²) in [6.07, 6.45) is 15.0. The van der Waals surface area contributed by atoms with Crippen LogP contribution in [-0.2, 0) is 0 Å².